The lowest BCUT2D eigenvalue weighted by Crippen LogP contribution is -2.42. The van der Waals surface area contributed by atoms with Gasteiger partial charge in [-0.3, -0.25) is 0 Å². The van der Waals surface area contributed by atoms with Crippen molar-refractivity contribution in [2.45, 2.75) is 38.9 Å². The number of halogens is 1. The number of hydrogen-bond donors (Lipinski definition) is 0. The molecule has 1 heterocycles. The molecular weight excluding hydrogens is 186 g/mol. The van der Waals surface area contributed by atoms with Crippen LogP contribution in [0.15, 0.2) is 0 Å². The van der Waals surface area contributed by atoms with Gasteiger partial charge < -0.3 is 4.90 Å². The van der Waals surface area contributed by atoms with E-state index < -0.39 is 8.07 Å². The van der Waals surface area contributed by atoms with Crippen LogP contribution in [0.5, 0.6) is 0 Å². The van der Waals surface area contributed by atoms with E-state index in [-0.39, 0.29) is 12.4 Å². The largest absolute Gasteiger partial charge is 0.306 e. The average Bonchev–Trinajstić information content (AvgIpc) is 1.85. The molecule has 1 aliphatic heterocycles. The van der Waals surface area contributed by atoms with Crippen LogP contribution in [0.3, 0.4) is 0 Å². The zero-order valence-corrected chi connectivity index (χ0v) is 10.4. The Morgan fingerprint density at radius 2 is 1.50 bits per heavy atom. The lowest BCUT2D eigenvalue weighted by Gasteiger charge is -2.31. The third kappa shape index (κ3) is 5.17. The lowest BCUT2D eigenvalue weighted by molar-refractivity contribution is 0.259. The predicted molar refractivity (Wildman–Crippen MR) is 60.9 cm³/mol. The summed E-state index contributed by atoms with van der Waals surface area (Å²) in [7, 11) is -0.819. The fourth-order valence-electron chi connectivity index (χ4n) is 1.79. The minimum absolute atomic E-state index is 0. The number of hydrogen-bond acceptors (Lipinski definition) is 1. The van der Waals surface area contributed by atoms with Gasteiger partial charge >= 0.3 is 0 Å². The molecule has 1 rings (SSSR count). The number of piperidine rings is 1. The summed E-state index contributed by atoms with van der Waals surface area (Å²) < 4.78 is 0. The van der Waals surface area contributed by atoms with Gasteiger partial charge in [0.05, 0.1) is 8.07 Å². The Morgan fingerprint density at radius 3 is 1.92 bits per heavy atom. The molecule has 0 aliphatic carbocycles. The van der Waals surface area contributed by atoms with Crippen LogP contribution >= 0.6 is 12.4 Å². The highest BCUT2D eigenvalue weighted by atomic mass is 35.5. The van der Waals surface area contributed by atoms with Crippen molar-refractivity contribution in [3.63, 3.8) is 0 Å². The molecule has 1 saturated heterocycles. The molecule has 0 radical (unpaired) electrons. The molecule has 74 valence electrons. The van der Waals surface area contributed by atoms with Crippen molar-refractivity contribution in [1.29, 1.82) is 0 Å². The maximum Gasteiger partial charge on any atom is 0.0599 e. The fraction of sp³-hybridized carbons (Fsp3) is 1.00. The summed E-state index contributed by atoms with van der Waals surface area (Å²) in [5.74, 6) is 0. The van der Waals surface area contributed by atoms with Crippen molar-refractivity contribution in [3.05, 3.63) is 0 Å². The molecule has 0 aromatic rings. The van der Waals surface area contributed by atoms with Crippen molar-refractivity contribution in [3.8, 4) is 0 Å². The second-order valence-corrected chi connectivity index (χ2v) is 10.3. The van der Waals surface area contributed by atoms with Crippen LogP contribution in [-0.4, -0.2) is 32.2 Å². The Kier molecular flexibility index (Phi) is 5.46. The first-order chi connectivity index (χ1) is 5.08. The standard InChI is InChI=1S/C9H21NSi.ClH/c1-11(2,3)9-10-7-5-4-6-8-10;/h4-9H2,1-3H3;1H. The number of rotatable bonds is 2. The van der Waals surface area contributed by atoms with E-state index in [2.05, 4.69) is 24.5 Å². The van der Waals surface area contributed by atoms with Crippen molar-refractivity contribution in [2.75, 3.05) is 19.3 Å². The molecule has 1 nitrogen and oxygen atoms in total. The van der Waals surface area contributed by atoms with E-state index in [1.54, 1.807) is 0 Å². The van der Waals surface area contributed by atoms with Crippen LogP contribution in [0.1, 0.15) is 19.3 Å². The maximum absolute atomic E-state index is 2.66. The zero-order valence-electron chi connectivity index (χ0n) is 8.60. The second-order valence-electron chi connectivity index (χ2n) is 4.90. The smallest absolute Gasteiger partial charge is 0.0599 e. The quantitative estimate of drug-likeness (QED) is 0.630. The second kappa shape index (κ2) is 5.25. The van der Waals surface area contributed by atoms with Gasteiger partial charge in [-0.1, -0.05) is 26.1 Å². The molecule has 3 heteroatoms. The van der Waals surface area contributed by atoms with Crippen LogP contribution in [0, 0.1) is 0 Å². The molecule has 0 aromatic heterocycles. The maximum atomic E-state index is 2.66. The number of likely N-dealkylation sites (tertiary alicyclic amines) is 1. The van der Waals surface area contributed by atoms with Gasteiger partial charge in [0.1, 0.15) is 0 Å². The summed E-state index contributed by atoms with van der Waals surface area (Å²) in [4.78, 5) is 2.66. The Bertz CT molecular complexity index is 116. The van der Waals surface area contributed by atoms with Gasteiger partial charge in [0.25, 0.3) is 0 Å². The van der Waals surface area contributed by atoms with Crippen LogP contribution < -0.4 is 0 Å². The summed E-state index contributed by atoms with van der Waals surface area (Å²) in [6.07, 6.45) is 5.74. The molecule has 0 saturated carbocycles. The Labute approximate surface area is 83.9 Å². The first kappa shape index (κ1) is 12.5. The third-order valence-corrected chi connectivity index (χ3v) is 3.54. The topological polar surface area (TPSA) is 3.24 Å². The molecular formula is C9H22ClNSi. The summed E-state index contributed by atoms with van der Waals surface area (Å²) in [5.41, 5.74) is 0. The van der Waals surface area contributed by atoms with Crippen molar-refractivity contribution in [2.24, 2.45) is 0 Å². The van der Waals surface area contributed by atoms with Gasteiger partial charge in [0, 0.05) is 0 Å². The Morgan fingerprint density at radius 1 is 1.00 bits per heavy atom. The molecule has 1 aliphatic rings. The van der Waals surface area contributed by atoms with Gasteiger partial charge in [-0.25, -0.2) is 0 Å². The first-order valence-electron chi connectivity index (χ1n) is 4.80. The molecule has 0 unspecified atom stereocenters. The van der Waals surface area contributed by atoms with Gasteiger partial charge in [-0.05, 0) is 32.1 Å². The number of nitrogens with zero attached hydrogens (tertiary/aromatic N) is 1. The summed E-state index contributed by atoms with van der Waals surface area (Å²) >= 11 is 0. The molecule has 12 heavy (non-hydrogen) atoms. The SMILES string of the molecule is C[Si](C)(C)CN1CCCCC1.Cl. The van der Waals surface area contributed by atoms with E-state index in [0.29, 0.717) is 0 Å². The molecule has 0 aromatic carbocycles. The van der Waals surface area contributed by atoms with E-state index in [0.717, 1.165) is 0 Å². The van der Waals surface area contributed by atoms with Crippen molar-refractivity contribution < 1.29 is 0 Å². The minimum atomic E-state index is -0.819. The molecule has 0 bridgehead atoms. The van der Waals surface area contributed by atoms with E-state index in [1.807, 2.05) is 0 Å². The highest BCUT2D eigenvalue weighted by molar-refractivity contribution is 6.76. The van der Waals surface area contributed by atoms with E-state index >= 15 is 0 Å². The van der Waals surface area contributed by atoms with E-state index in [1.165, 1.54) is 38.5 Å². The Hall–Kier alpha value is 0.467. The van der Waals surface area contributed by atoms with Crippen LogP contribution in [0.4, 0.5) is 0 Å². The highest BCUT2D eigenvalue weighted by Gasteiger charge is 2.19. The Balaban J connectivity index is 0.00000121. The molecule has 0 N–H and O–H groups in total. The van der Waals surface area contributed by atoms with Crippen molar-refractivity contribution in [1.82, 2.24) is 4.90 Å². The minimum Gasteiger partial charge on any atom is -0.306 e. The third-order valence-electron chi connectivity index (χ3n) is 2.15. The fourth-order valence-corrected chi connectivity index (χ4v) is 3.45. The molecule has 0 atom stereocenters. The first-order valence-corrected chi connectivity index (χ1v) is 8.51. The van der Waals surface area contributed by atoms with Crippen molar-refractivity contribution >= 4 is 20.5 Å². The normalized spacial score (nSPS) is 20.2. The van der Waals surface area contributed by atoms with E-state index in [9.17, 15) is 0 Å². The van der Waals surface area contributed by atoms with E-state index in [4.69, 9.17) is 0 Å². The molecule has 0 spiro atoms. The van der Waals surface area contributed by atoms with Gasteiger partial charge in [-0.15, -0.1) is 12.4 Å². The monoisotopic (exact) mass is 207 g/mol. The zero-order chi connectivity index (χ0) is 8.32. The lowest BCUT2D eigenvalue weighted by atomic mass is 10.1. The van der Waals surface area contributed by atoms with Gasteiger partial charge in [0.15, 0.2) is 0 Å². The van der Waals surface area contributed by atoms with Gasteiger partial charge in [0.2, 0.25) is 0 Å². The molecule has 1 fully saturated rings. The predicted octanol–water partition coefficient (Wildman–Crippen LogP) is 2.77. The van der Waals surface area contributed by atoms with Crippen LogP contribution in [0.25, 0.3) is 0 Å². The van der Waals surface area contributed by atoms with Gasteiger partial charge in [-0.2, -0.15) is 0 Å². The summed E-state index contributed by atoms with van der Waals surface area (Å²) in [6, 6.07) is 0. The van der Waals surface area contributed by atoms with Crippen LogP contribution in [0.2, 0.25) is 19.6 Å². The highest BCUT2D eigenvalue weighted by Crippen LogP contribution is 2.11. The summed E-state index contributed by atoms with van der Waals surface area (Å²) in [6.45, 7) is 10.1. The molecule has 0 amide bonds. The average molecular weight is 208 g/mol. The summed E-state index contributed by atoms with van der Waals surface area (Å²) in [5, 5.41) is 0. The van der Waals surface area contributed by atoms with Crippen LogP contribution in [-0.2, 0) is 0 Å².